The second-order valence-corrected chi connectivity index (χ2v) is 16.3. The van der Waals surface area contributed by atoms with Crippen LogP contribution in [0.25, 0.3) is 76.9 Å². The summed E-state index contributed by atoms with van der Waals surface area (Å²) in [6, 6.07) is 72.6. The van der Waals surface area contributed by atoms with Crippen molar-refractivity contribution in [3.63, 3.8) is 0 Å². The lowest BCUT2D eigenvalue weighted by Crippen LogP contribution is -2.32. The average molecular weight is 729 g/mol. The summed E-state index contributed by atoms with van der Waals surface area (Å²) in [5, 5.41) is 7.64. The van der Waals surface area contributed by atoms with Gasteiger partial charge in [-0.25, -0.2) is 0 Å². The molecular formula is C53H32N2S. The second-order valence-electron chi connectivity index (χ2n) is 15.2. The van der Waals surface area contributed by atoms with Gasteiger partial charge in [-0.15, -0.1) is 0 Å². The molecule has 0 radical (unpaired) electrons. The monoisotopic (exact) mass is 728 g/mol. The number of aromatic nitrogens is 2. The first kappa shape index (κ1) is 30.5. The van der Waals surface area contributed by atoms with Gasteiger partial charge in [-0.2, -0.15) is 0 Å². The number of hydrogen-bond donors (Lipinski definition) is 0. The maximum Gasteiger partial charge on any atom is 0.0743 e. The maximum atomic E-state index is 2.53. The summed E-state index contributed by atoms with van der Waals surface area (Å²) in [5.74, 6) is 0. The van der Waals surface area contributed by atoms with Crippen molar-refractivity contribution in [2.45, 2.75) is 15.2 Å². The summed E-state index contributed by atoms with van der Waals surface area (Å²) in [4.78, 5) is 2.62. The summed E-state index contributed by atoms with van der Waals surface area (Å²) in [5.41, 5.74) is 14.6. The van der Waals surface area contributed by atoms with Crippen LogP contribution in [0.2, 0.25) is 0 Å². The van der Waals surface area contributed by atoms with Crippen LogP contribution in [0.1, 0.15) is 22.3 Å². The minimum Gasteiger partial charge on any atom is -0.309 e. The fraction of sp³-hybridized carbons (Fsp3) is 0.0189. The highest BCUT2D eigenvalue weighted by molar-refractivity contribution is 7.99. The highest BCUT2D eigenvalue weighted by atomic mass is 32.2. The van der Waals surface area contributed by atoms with Gasteiger partial charge < -0.3 is 9.13 Å². The first-order chi connectivity index (χ1) is 27.8. The van der Waals surface area contributed by atoms with Gasteiger partial charge in [0.25, 0.3) is 0 Å². The van der Waals surface area contributed by atoms with Crippen molar-refractivity contribution in [1.82, 2.24) is 9.13 Å². The van der Waals surface area contributed by atoms with E-state index in [0.29, 0.717) is 0 Å². The Bertz CT molecular complexity index is 3370. The van der Waals surface area contributed by atoms with Crippen LogP contribution in [0.15, 0.2) is 204 Å². The van der Waals surface area contributed by atoms with Crippen molar-refractivity contribution in [3.8, 4) is 22.5 Å². The second kappa shape index (κ2) is 11.1. The van der Waals surface area contributed by atoms with Gasteiger partial charge in [0.2, 0.25) is 0 Å². The molecule has 0 amide bonds. The lowest BCUT2D eigenvalue weighted by Gasteiger charge is -2.40. The van der Waals surface area contributed by atoms with Crippen LogP contribution < -0.4 is 0 Å². The van der Waals surface area contributed by atoms with Crippen molar-refractivity contribution >= 4 is 66.1 Å². The molecule has 1 unspecified atom stereocenters. The molecule has 9 aromatic carbocycles. The van der Waals surface area contributed by atoms with E-state index < -0.39 is 5.41 Å². The average Bonchev–Trinajstić information content (AvgIpc) is 3.88. The lowest BCUT2D eigenvalue weighted by molar-refractivity contribution is 0.729. The fourth-order valence-electron chi connectivity index (χ4n) is 10.5. The van der Waals surface area contributed by atoms with Crippen LogP contribution in [-0.4, -0.2) is 9.13 Å². The molecule has 1 aliphatic carbocycles. The quantitative estimate of drug-likeness (QED) is 0.172. The van der Waals surface area contributed by atoms with E-state index in [0.717, 1.165) is 0 Å². The smallest absolute Gasteiger partial charge is 0.0743 e. The first-order valence-electron chi connectivity index (χ1n) is 19.4. The Balaban J connectivity index is 1.23. The molecule has 3 heterocycles. The van der Waals surface area contributed by atoms with Gasteiger partial charge in [0.1, 0.15) is 0 Å². The molecule has 0 saturated carbocycles. The van der Waals surface area contributed by atoms with E-state index in [4.69, 9.17) is 0 Å². The third kappa shape index (κ3) is 3.78. The van der Waals surface area contributed by atoms with Crippen LogP contribution in [0, 0.1) is 0 Å². The maximum absolute atomic E-state index is 2.53. The van der Waals surface area contributed by atoms with Crippen molar-refractivity contribution in [3.05, 3.63) is 216 Å². The molecule has 0 N–H and O–H groups in total. The molecule has 1 atom stereocenters. The van der Waals surface area contributed by atoms with Gasteiger partial charge in [0.05, 0.1) is 33.2 Å². The highest BCUT2D eigenvalue weighted by Crippen LogP contribution is 2.64. The van der Waals surface area contributed by atoms with Crippen LogP contribution in [0.4, 0.5) is 0 Å². The SMILES string of the molecule is c1ccc2c(c1)Sc1ccc3ccccc3c1C21c2cc(-n3c4ccccc4c4ccccc43)ccc2-c2c(-n3c4ccccc4c4ccccc43)cccc21. The van der Waals surface area contributed by atoms with Crippen LogP contribution in [-0.2, 0) is 5.41 Å². The summed E-state index contributed by atoms with van der Waals surface area (Å²) >= 11 is 1.91. The summed E-state index contributed by atoms with van der Waals surface area (Å²) in [7, 11) is 0. The topological polar surface area (TPSA) is 9.86 Å². The first-order valence-corrected chi connectivity index (χ1v) is 20.2. The fourth-order valence-corrected chi connectivity index (χ4v) is 11.7. The molecule has 3 heteroatoms. The van der Waals surface area contributed by atoms with E-state index in [1.807, 2.05) is 11.8 Å². The summed E-state index contributed by atoms with van der Waals surface area (Å²) in [6.45, 7) is 0. The van der Waals surface area contributed by atoms with E-state index in [1.165, 1.54) is 109 Å². The Morgan fingerprint density at radius 1 is 0.375 bits per heavy atom. The minimum absolute atomic E-state index is 0.577. The van der Waals surface area contributed by atoms with Crippen molar-refractivity contribution < 1.29 is 0 Å². The molecule has 56 heavy (non-hydrogen) atoms. The number of fused-ring (bicyclic) bond motifs is 17. The van der Waals surface area contributed by atoms with E-state index in [2.05, 4.69) is 203 Å². The molecule has 13 rings (SSSR count). The Kier molecular flexibility index (Phi) is 6.06. The molecule has 0 fully saturated rings. The molecule has 0 bridgehead atoms. The Labute approximate surface area is 327 Å². The van der Waals surface area contributed by atoms with E-state index in [-0.39, 0.29) is 0 Å². The molecule has 2 aliphatic rings. The zero-order chi connectivity index (χ0) is 36.5. The van der Waals surface area contributed by atoms with Gasteiger partial charge >= 0.3 is 0 Å². The number of hydrogen-bond acceptors (Lipinski definition) is 1. The zero-order valence-electron chi connectivity index (χ0n) is 30.3. The number of nitrogens with zero attached hydrogens (tertiary/aromatic N) is 2. The Morgan fingerprint density at radius 3 is 1.61 bits per heavy atom. The normalized spacial score (nSPS) is 15.5. The highest BCUT2D eigenvalue weighted by Gasteiger charge is 2.52. The largest absolute Gasteiger partial charge is 0.309 e. The van der Waals surface area contributed by atoms with Gasteiger partial charge in [-0.1, -0.05) is 151 Å². The Morgan fingerprint density at radius 2 is 0.929 bits per heavy atom. The molecular weight excluding hydrogens is 697 g/mol. The standard InChI is InChI=1S/C53H32N2S/c1-2-15-35-33(14-1)28-31-50-52(35)53(41-20-7-12-27-49(41)56-50)42-21-13-26-48(55-46-24-10-5-18-38(46)39-19-6-11-25-47(39)55)51(42)40-30-29-34(32-43(40)53)54-44-22-8-3-16-36(44)37-17-4-9-23-45(37)54/h1-32H. The third-order valence-electron chi connectivity index (χ3n) is 12.6. The van der Waals surface area contributed by atoms with Crippen molar-refractivity contribution in [2.24, 2.45) is 0 Å². The van der Waals surface area contributed by atoms with Crippen molar-refractivity contribution in [2.75, 3.05) is 0 Å². The van der Waals surface area contributed by atoms with Gasteiger partial charge in [-0.3, -0.25) is 0 Å². The number of rotatable bonds is 2. The minimum atomic E-state index is -0.577. The van der Waals surface area contributed by atoms with Crippen molar-refractivity contribution in [1.29, 1.82) is 0 Å². The predicted molar refractivity (Wildman–Crippen MR) is 234 cm³/mol. The number of benzene rings is 9. The Hall–Kier alpha value is -6.81. The predicted octanol–water partition coefficient (Wildman–Crippen LogP) is 13.9. The lowest BCUT2D eigenvalue weighted by atomic mass is 9.66. The molecule has 11 aromatic rings. The summed E-state index contributed by atoms with van der Waals surface area (Å²) in [6.07, 6.45) is 0. The number of para-hydroxylation sites is 4. The van der Waals surface area contributed by atoms with Gasteiger partial charge in [0, 0.05) is 42.6 Å². The van der Waals surface area contributed by atoms with Gasteiger partial charge in [-0.05, 0) is 93.2 Å². The zero-order valence-corrected chi connectivity index (χ0v) is 31.1. The van der Waals surface area contributed by atoms with Gasteiger partial charge in [0.15, 0.2) is 0 Å². The van der Waals surface area contributed by atoms with E-state index in [9.17, 15) is 0 Å². The van der Waals surface area contributed by atoms with Crippen LogP contribution >= 0.6 is 11.8 Å². The molecule has 2 nitrogen and oxygen atoms in total. The summed E-state index contributed by atoms with van der Waals surface area (Å²) < 4.78 is 4.99. The molecule has 1 spiro atoms. The van der Waals surface area contributed by atoms with Crippen LogP contribution in [0.3, 0.4) is 0 Å². The molecule has 0 saturated heterocycles. The molecule has 260 valence electrons. The van der Waals surface area contributed by atoms with E-state index in [1.54, 1.807) is 0 Å². The van der Waals surface area contributed by atoms with E-state index >= 15 is 0 Å². The van der Waals surface area contributed by atoms with Crippen LogP contribution in [0.5, 0.6) is 0 Å². The molecule has 2 aromatic heterocycles. The third-order valence-corrected chi connectivity index (χ3v) is 13.7. The molecule has 1 aliphatic heterocycles.